The van der Waals surface area contributed by atoms with Crippen molar-refractivity contribution in [3.8, 4) is 22.7 Å². The SMILES string of the molecule is Cc1cccc(OCCCNC(=O)c2cn(-c3ccccc3)nc2-c2cccnc2)c1. The minimum Gasteiger partial charge on any atom is -0.494 e. The number of para-hydroxylation sites is 1. The summed E-state index contributed by atoms with van der Waals surface area (Å²) in [7, 11) is 0. The number of benzene rings is 2. The third-order valence-electron chi connectivity index (χ3n) is 4.78. The minimum atomic E-state index is -0.170. The fourth-order valence-electron chi connectivity index (χ4n) is 3.23. The molecule has 1 N–H and O–H groups in total. The van der Waals surface area contributed by atoms with Crippen LogP contribution in [0, 0.1) is 6.92 Å². The molecule has 0 spiro atoms. The molecule has 156 valence electrons. The second kappa shape index (κ2) is 9.71. The van der Waals surface area contributed by atoms with Gasteiger partial charge in [-0.2, -0.15) is 5.10 Å². The molecule has 0 aliphatic heterocycles. The Morgan fingerprint density at radius 1 is 1.06 bits per heavy atom. The van der Waals surface area contributed by atoms with E-state index in [9.17, 15) is 4.79 Å². The number of nitrogens with zero attached hydrogens (tertiary/aromatic N) is 3. The lowest BCUT2D eigenvalue weighted by Crippen LogP contribution is -2.25. The molecule has 31 heavy (non-hydrogen) atoms. The van der Waals surface area contributed by atoms with Crippen LogP contribution in [-0.2, 0) is 0 Å². The molecule has 0 radical (unpaired) electrons. The van der Waals surface area contributed by atoms with Crippen LogP contribution < -0.4 is 10.1 Å². The Morgan fingerprint density at radius 3 is 2.71 bits per heavy atom. The van der Waals surface area contributed by atoms with E-state index in [1.807, 2.05) is 73.7 Å². The maximum Gasteiger partial charge on any atom is 0.255 e. The number of aromatic nitrogens is 3. The van der Waals surface area contributed by atoms with Gasteiger partial charge in [-0.25, -0.2) is 4.68 Å². The lowest BCUT2D eigenvalue weighted by atomic mass is 10.1. The molecule has 4 rings (SSSR count). The zero-order chi connectivity index (χ0) is 21.5. The number of carbonyl (C=O) groups excluding carboxylic acids is 1. The summed E-state index contributed by atoms with van der Waals surface area (Å²) >= 11 is 0. The van der Waals surface area contributed by atoms with Crippen LogP contribution in [0.15, 0.2) is 85.3 Å². The Kier molecular flexibility index (Phi) is 6.38. The molecule has 0 unspecified atom stereocenters. The number of pyridine rings is 1. The van der Waals surface area contributed by atoms with E-state index in [2.05, 4.69) is 15.4 Å². The Balaban J connectivity index is 1.43. The third-order valence-corrected chi connectivity index (χ3v) is 4.78. The number of amides is 1. The number of aryl methyl sites for hydroxylation is 1. The molecule has 0 fully saturated rings. The van der Waals surface area contributed by atoms with Crippen LogP contribution in [0.5, 0.6) is 5.75 Å². The summed E-state index contributed by atoms with van der Waals surface area (Å²) in [5.74, 6) is 0.672. The van der Waals surface area contributed by atoms with Gasteiger partial charge in [-0.1, -0.05) is 30.3 Å². The van der Waals surface area contributed by atoms with E-state index in [0.29, 0.717) is 30.8 Å². The Hall–Kier alpha value is -3.93. The van der Waals surface area contributed by atoms with Gasteiger partial charge >= 0.3 is 0 Å². The number of rotatable bonds is 8. The minimum absolute atomic E-state index is 0.170. The average Bonchev–Trinajstić information content (AvgIpc) is 3.26. The molecule has 1 amide bonds. The lowest BCUT2D eigenvalue weighted by molar-refractivity contribution is 0.0952. The average molecular weight is 412 g/mol. The van der Waals surface area contributed by atoms with Gasteiger partial charge in [-0.3, -0.25) is 9.78 Å². The summed E-state index contributed by atoms with van der Waals surface area (Å²) in [4.78, 5) is 17.1. The Bertz CT molecular complexity index is 1140. The maximum absolute atomic E-state index is 12.9. The van der Waals surface area contributed by atoms with Crippen molar-refractivity contribution in [2.75, 3.05) is 13.2 Å². The van der Waals surface area contributed by atoms with Crippen molar-refractivity contribution in [1.82, 2.24) is 20.1 Å². The normalized spacial score (nSPS) is 10.6. The van der Waals surface area contributed by atoms with Gasteiger partial charge in [0.05, 0.1) is 17.9 Å². The highest BCUT2D eigenvalue weighted by Gasteiger charge is 2.18. The smallest absolute Gasteiger partial charge is 0.255 e. The fourth-order valence-corrected chi connectivity index (χ4v) is 3.23. The van der Waals surface area contributed by atoms with Crippen molar-refractivity contribution in [3.05, 3.63) is 96.4 Å². The molecule has 0 saturated heterocycles. The van der Waals surface area contributed by atoms with Gasteiger partial charge in [-0.05, 0) is 55.3 Å². The van der Waals surface area contributed by atoms with Crippen LogP contribution in [0.4, 0.5) is 0 Å². The number of ether oxygens (including phenoxy) is 1. The molecule has 2 aromatic heterocycles. The molecule has 0 aliphatic carbocycles. The number of nitrogens with one attached hydrogen (secondary N) is 1. The van der Waals surface area contributed by atoms with Crippen LogP contribution in [0.1, 0.15) is 22.3 Å². The van der Waals surface area contributed by atoms with Gasteiger partial charge in [0.25, 0.3) is 5.91 Å². The summed E-state index contributed by atoms with van der Waals surface area (Å²) in [6.45, 7) is 3.07. The predicted octanol–water partition coefficient (Wildman–Crippen LogP) is 4.44. The van der Waals surface area contributed by atoms with Gasteiger partial charge in [0, 0.05) is 30.7 Å². The van der Waals surface area contributed by atoms with Crippen LogP contribution in [0.3, 0.4) is 0 Å². The van der Waals surface area contributed by atoms with E-state index in [1.165, 1.54) is 0 Å². The highest BCUT2D eigenvalue weighted by molar-refractivity contribution is 5.99. The quantitative estimate of drug-likeness (QED) is 0.435. The molecule has 0 saturated carbocycles. The van der Waals surface area contributed by atoms with Crippen LogP contribution in [0.25, 0.3) is 16.9 Å². The van der Waals surface area contributed by atoms with Crippen LogP contribution >= 0.6 is 0 Å². The van der Waals surface area contributed by atoms with E-state index in [0.717, 1.165) is 22.6 Å². The van der Waals surface area contributed by atoms with Crippen LogP contribution in [-0.4, -0.2) is 33.8 Å². The van der Waals surface area contributed by atoms with Crippen molar-refractivity contribution in [2.24, 2.45) is 0 Å². The van der Waals surface area contributed by atoms with Crippen molar-refractivity contribution in [3.63, 3.8) is 0 Å². The first kappa shape index (κ1) is 20.3. The Morgan fingerprint density at radius 2 is 1.94 bits per heavy atom. The van der Waals surface area contributed by atoms with Gasteiger partial charge < -0.3 is 10.1 Å². The lowest BCUT2D eigenvalue weighted by Gasteiger charge is -2.08. The van der Waals surface area contributed by atoms with Gasteiger partial charge in [0.1, 0.15) is 11.4 Å². The van der Waals surface area contributed by atoms with Gasteiger partial charge in [-0.15, -0.1) is 0 Å². The third kappa shape index (κ3) is 5.17. The second-order valence-electron chi connectivity index (χ2n) is 7.19. The van der Waals surface area contributed by atoms with Crippen LogP contribution in [0.2, 0.25) is 0 Å². The molecule has 2 aromatic carbocycles. The van der Waals surface area contributed by atoms with Crippen molar-refractivity contribution < 1.29 is 9.53 Å². The van der Waals surface area contributed by atoms with Gasteiger partial charge in [0.15, 0.2) is 0 Å². The van der Waals surface area contributed by atoms with E-state index in [-0.39, 0.29) is 5.91 Å². The van der Waals surface area contributed by atoms with Crippen molar-refractivity contribution >= 4 is 5.91 Å². The second-order valence-corrected chi connectivity index (χ2v) is 7.19. The highest BCUT2D eigenvalue weighted by atomic mass is 16.5. The monoisotopic (exact) mass is 412 g/mol. The number of carbonyl (C=O) groups is 1. The fraction of sp³-hybridized carbons (Fsp3) is 0.160. The zero-order valence-electron chi connectivity index (χ0n) is 17.4. The molecule has 0 bridgehead atoms. The summed E-state index contributed by atoms with van der Waals surface area (Å²) in [5.41, 5.74) is 3.95. The first-order chi connectivity index (χ1) is 15.2. The standard InChI is InChI=1S/C25H24N4O2/c1-19-8-5-12-22(16-19)31-15-7-14-27-25(30)23-18-29(21-10-3-2-4-11-21)28-24(23)20-9-6-13-26-17-20/h2-6,8-13,16-18H,7,14-15H2,1H3,(H,27,30). The zero-order valence-corrected chi connectivity index (χ0v) is 17.4. The Labute approximate surface area is 181 Å². The molecule has 0 atom stereocenters. The molecular formula is C25H24N4O2. The topological polar surface area (TPSA) is 69.0 Å². The molecule has 0 aliphatic rings. The molecular weight excluding hydrogens is 388 g/mol. The van der Waals surface area contributed by atoms with E-state index >= 15 is 0 Å². The van der Waals surface area contributed by atoms with Crippen molar-refractivity contribution in [1.29, 1.82) is 0 Å². The summed E-state index contributed by atoms with van der Waals surface area (Å²) in [6.07, 6.45) is 5.88. The molecule has 6 nitrogen and oxygen atoms in total. The number of hydrogen-bond acceptors (Lipinski definition) is 4. The van der Waals surface area contributed by atoms with E-state index < -0.39 is 0 Å². The highest BCUT2D eigenvalue weighted by Crippen LogP contribution is 2.23. The summed E-state index contributed by atoms with van der Waals surface area (Å²) < 4.78 is 7.47. The molecule has 6 heteroatoms. The number of hydrogen-bond donors (Lipinski definition) is 1. The van der Waals surface area contributed by atoms with Gasteiger partial charge in [0.2, 0.25) is 0 Å². The summed E-state index contributed by atoms with van der Waals surface area (Å²) in [6, 6.07) is 21.4. The predicted molar refractivity (Wildman–Crippen MR) is 120 cm³/mol. The molecule has 2 heterocycles. The molecule has 4 aromatic rings. The van der Waals surface area contributed by atoms with Crippen molar-refractivity contribution in [2.45, 2.75) is 13.3 Å². The summed E-state index contributed by atoms with van der Waals surface area (Å²) in [5, 5.41) is 7.63. The first-order valence-corrected chi connectivity index (χ1v) is 10.2. The largest absolute Gasteiger partial charge is 0.494 e. The first-order valence-electron chi connectivity index (χ1n) is 10.2. The van der Waals surface area contributed by atoms with E-state index in [4.69, 9.17) is 4.74 Å². The van der Waals surface area contributed by atoms with E-state index in [1.54, 1.807) is 23.3 Å². The maximum atomic E-state index is 12.9.